The van der Waals surface area contributed by atoms with Crippen LogP contribution in [0.2, 0.25) is 0 Å². The maximum atomic E-state index is 12.8. The average molecular weight is 448 g/mol. The number of esters is 1. The van der Waals surface area contributed by atoms with E-state index in [4.69, 9.17) is 4.74 Å². The molecule has 2 amide bonds. The molecule has 0 spiro atoms. The molecule has 1 heterocycles. The fourth-order valence-electron chi connectivity index (χ4n) is 3.18. The number of hydrazine groups is 1. The van der Waals surface area contributed by atoms with Crippen LogP contribution in [0, 0.1) is 11.8 Å². The molecule has 1 fully saturated rings. The molecule has 1 aromatic carbocycles. The van der Waals surface area contributed by atoms with E-state index < -0.39 is 5.60 Å². The van der Waals surface area contributed by atoms with Gasteiger partial charge in [0, 0.05) is 5.92 Å². The average Bonchev–Trinajstić information content (AvgIpc) is 3.07. The summed E-state index contributed by atoms with van der Waals surface area (Å²) in [5.74, 6) is -0.711. The van der Waals surface area contributed by atoms with Gasteiger partial charge in [0.25, 0.3) is 5.91 Å². The first-order valence-corrected chi connectivity index (χ1v) is 11.4. The molecule has 0 aliphatic carbocycles. The van der Waals surface area contributed by atoms with Crippen molar-refractivity contribution in [2.75, 3.05) is 6.54 Å². The van der Waals surface area contributed by atoms with E-state index in [0.29, 0.717) is 30.8 Å². The lowest BCUT2D eigenvalue weighted by Crippen LogP contribution is -2.42. The molecule has 1 atom stereocenters. The molecule has 7 nitrogen and oxygen atoms in total. The molecule has 2 rings (SSSR count). The van der Waals surface area contributed by atoms with Crippen LogP contribution in [0.5, 0.6) is 0 Å². The molecule has 0 bridgehead atoms. The van der Waals surface area contributed by atoms with Gasteiger partial charge in [0.1, 0.15) is 5.60 Å². The van der Waals surface area contributed by atoms with Crippen molar-refractivity contribution in [1.82, 2.24) is 14.6 Å². The number of hydrogen-bond donors (Lipinski definition) is 2. The van der Waals surface area contributed by atoms with Gasteiger partial charge in [-0.05, 0) is 51.5 Å². The minimum atomic E-state index is -0.598. The topological polar surface area (TPSA) is 87.7 Å². The zero-order valence-electron chi connectivity index (χ0n) is 18.9. The van der Waals surface area contributed by atoms with Gasteiger partial charge < -0.3 is 4.74 Å². The second-order valence-electron chi connectivity index (χ2n) is 8.97. The number of nitrogens with one attached hydrogen (secondary N) is 2. The Labute approximate surface area is 189 Å². The second-order valence-corrected chi connectivity index (χ2v) is 9.80. The van der Waals surface area contributed by atoms with Crippen molar-refractivity contribution in [1.29, 1.82) is 0 Å². The lowest BCUT2D eigenvalue weighted by molar-refractivity contribution is -0.147. The van der Waals surface area contributed by atoms with E-state index >= 15 is 0 Å². The molecule has 2 N–H and O–H groups in total. The zero-order valence-corrected chi connectivity index (χ0v) is 19.8. The monoisotopic (exact) mass is 447 g/mol. The Balaban J connectivity index is 2.12. The highest BCUT2D eigenvalue weighted by Gasteiger charge is 2.27. The van der Waals surface area contributed by atoms with Crippen LogP contribution in [-0.4, -0.2) is 34.3 Å². The molecule has 0 radical (unpaired) electrons. The van der Waals surface area contributed by atoms with E-state index in [1.807, 2.05) is 57.2 Å². The summed E-state index contributed by atoms with van der Waals surface area (Å²) in [6.07, 6.45) is 3.63. The first-order chi connectivity index (χ1) is 14.6. The molecule has 1 saturated heterocycles. The Morgan fingerprint density at radius 3 is 2.48 bits per heavy atom. The highest BCUT2D eigenvalue weighted by atomic mass is 32.2. The summed E-state index contributed by atoms with van der Waals surface area (Å²) >= 11 is 1.08. The Morgan fingerprint density at radius 2 is 1.94 bits per heavy atom. The number of rotatable bonds is 9. The number of hydrogen-bond acceptors (Lipinski definition) is 6. The minimum absolute atomic E-state index is 0.183. The maximum absolute atomic E-state index is 12.8. The number of amides is 2. The Kier molecular flexibility index (Phi) is 9.13. The van der Waals surface area contributed by atoms with Crippen molar-refractivity contribution >= 4 is 35.5 Å². The van der Waals surface area contributed by atoms with Crippen molar-refractivity contribution in [2.45, 2.75) is 59.5 Å². The van der Waals surface area contributed by atoms with Crippen LogP contribution in [0.4, 0.5) is 0 Å². The van der Waals surface area contributed by atoms with Crippen LogP contribution in [0.25, 0.3) is 5.57 Å². The third-order valence-corrected chi connectivity index (χ3v) is 5.26. The zero-order chi connectivity index (χ0) is 23.0. The maximum Gasteiger partial charge on any atom is 0.338 e. The van der Waals surface area contributed by atoms with Crippen molar-refractivity contribution in [3.05, 3.63) is 42.0 Å². The highest BCUT2D eigenvalue weighted by molar-refractivity contribution is 7.96. The van der Waals surface area contributed by atoms with Gasteiger partial charge in [-0.3, -0.25) is 15.0 Å². The first-order valence-electron chi connectivity index (χ1n) is 10.6. The van der Waals surface area contributed by atoms with Gasteiger partial charge >= 0.3 is 5.97 Å². The van der Waals surface area contributed by atoms with Crippen LogP contribution in [0.1, 0.15) is 59.4 Å². The van der Waals surface area contributed by atoms with Crippen LogP contribution >= 0.6 is 12.1 Å². The molecule has 8 heteroatoms. The van der Waals surface area contributed by atoms with Crippen LogP contribution in [0.3, 0.4) is 0 Å². The number of carbonyl (C=O) groups is 3. The fourth-order valence-corrected chi connectivity index (χ4v) is 3.80. The molecule has 1 unspecified atom stereocenters. The predicted molar refractivity (Wildman–Crippen MR) is 123 cm³/mol. The highest BCUT2D eigenvalue weighted by Crippen LogP contribution is 2.24. The summed E-state index contributed by atoms with van der Waals surface area (Å²) in [4.78, 5) is 37.3. The molecule has 1 aromatic rings. The lowest BCUT2D eigenvalue weighted by Gasteiger charge is -2.22. The van der Waals surface area contributed by atoms with Crippen molar-refractivity contribution in [3.8, 4) is 0 Å². The van der Waals surface area contributed by atoms with E-state index in [2.05, 4.69) is 24.0 Å². The molecule has 1 aliphatic rings. The molecule has 170 valence electrons. The SMILES string of the molecule is CC(C)CC(CCC=C(C(=O)OC(C)(C)C)c1ccccc1)C(=O)NN1SNCC1=O. The number of allylic oxidation sites excluding steroid dienone is 1. The van der Waals surface area contributed by atoms with Crippen molar-refractivity contribution < 1.29 is 19.1 Å². The van der Waals surface area contributed by atoms with E-state index in [1.165, 1.54) is 4.41 Å². The van der Waals surface area contributed by atoms with Gasteiger partial charge in [0.05, 0.1) is 24.3 Å². The van der Waals surface area contributed by atoms with Gasteiger partial charge in [-0.2, -0.15) is 4.41 Å². The lowest BCUT2D eigenvalue weighted by atomic mass is 9.91. The van der Waals surface area contributed by atoms with Crippen LogP contribution < -0.4 is 10.1 Å². The third-order valence-electron chi connectivity index (χ3n) is 4.51. The number of carbonyl (C=O) groups excluding carboxylic acids is 3. The van der Waals surface area contributed by atoms with Crippen molar-refractivity contribution in [2.24, 2.45) is 11.8 Å². The molecule has 1 aliphatic heterocycles. The Morgan fingerprint density at radius 1 is 1.26 bits per heavy atom. The summed E-state index contributed by atoms with van der Waals surface area (Å²) < 4.78 is 9.65. The number of nitrogens with zero attached hydrogens (tertiary/aromatic N) is 1. The van der Waals surface area contributed by atoms with E-state index in [1.54, 1.807) is 0 Å². The van der Waals surface area contributed by atoms with Gasteiger partial charge in [-0.15, -0.1) is 0 Å². The summed E-state index contributed by atoms with van der Waals surface area (Å²) in [7, 11) is 0. The van der Waals surface area contributed by atoms with E-state index in [9.17, 15) is 14.4 Å². The quantitative estimate of drug-likeness (QED) is 0.339. The van der Waals surface area contributed by atoms with Crippen LogP contribution in [0.15, 0.2) is 36.4 Å². The van der Waals surface area contributed by atoms with Crippen molar-refractivity contribution in [3.63, 3.8) is 0 Å². The third kappa shape index (κ3) is 8.38. The molecule has 0 aromatic heterocycles. The van der Waals surface area contributed by atoms with Gasteiger partial charge in [0.15, 0.2) is 0 Å². The molecular formula is C23H33N3O4S. The van der Waals surface area contributed by atoms with Crippen LogP contribution in [-0.2, 0) is 19.1 Å². The van der Waals surface area contributed by atoms with Gasteiger partial charge in [0.2, 0.25) is 5.91 Å². The van der Waals surface area contributed by atoms with E-state index in [-0.39, 0.29) is 30.2 Å². The Bertz CT molecular complexity index is 803. The predicted octanol–water partition coefficient (Wildman–Crippen LogP) is 3.88. The summed E-state index contributed by atoms with van der Waals surface area (Å²) in [6.45, 7) is 9.82. The first kappa shape index (κ1) is 24.9. The smallest absolute Gasteiger partial charge is 0.338 e. The molecule has 0 saturated carbocycles. The number of benzene rings is 1. The summed E-state index contributed by atoms with van der Waals surface area (Å²) in [5, 5.41) is 0. The molecule has 31 heavy (non-hydrogen) atoms. The normalized spacial score (nSPS) is 15.9. The van der Waals surface area contributed by atoms with E-state index in [0.717, 1.165) is 17.7 Å². The largest absolute Gasteiger partial charge is 0.456 e. The Hall–Kier alpha value is -2.32. The van der Waals surface area contributed by atoms with Gasteiger partial charge in [-0.25, -0.2) is 9.52 Å². The fraction of sp³-hybridized carbons (Fsp3) is 0.522. The summed E-state index contributed by atoms with van der Waals surface area (Å²) in [6, 6.07) is 9.39. The standard InChI is InChI=1S/C23H33N3O4S/c1-16(2)14-18(21(28)25-26-20(27)15-24-31-26)12-9-13-19(17-10-7-6-8-11-17)22(29)30-23(3,4)5/h6-8,10-11,13,16,18,24H,9,12,14-15H2,1-5H3,(H,25,28). The number of ether oxygens (including phenoxy) is 1. The summed E-state index contributed by atoms with van der Waals surface area (Å²) in [5.41, 5.74) is 3.37. The minimum Gasteiger partial charge on any atom is -0.456 e. The van der Waals surface area contributed by atoms with Gasteiger partial charge in [-0.1, -0.05) is 50.3 Å². The molecular weight excluding hydrogens is 414 g/mol. The second kappa shape index (κ2) is 11.3.